The number of para-hydroxylation sites is 2. The summed E-state index contributed by atoms with van der Waals surface area (Å²) in [5.74, 6) is 0.0744. The van der Waals surface area contributed by atoms with Crippen molar-refractivity contribution in [2.45, 2.75) is 17.3 Å². The minimum absolute atomic E-state index is 0.216. The maximum Gasteiger partial charge on any atom is 0.238 e. The molecule has 0 spiro atoms. The number of carbonyl (C=O) groups excluding carboxylic acids is 1. The third kappa shape index (κ3) is 3.77. The molecule has 2 heterocycles. The van der Waals surface area contributed by atoms with Gasteiger partial charge >= 0.3 is 0 Å². The van der Waals surface area contributed by atoms with Gasteiger partial charge in [-0.2, -0.15) is 0 Å². The number of hydrogen-bond donors (Lipinski definition) is 2. The van der Waals surface area contributed by atoms with Crippen LogP contribution in [0.4, 0.5) is 5.82 Å². The first kappa shape index (κ1) is 16.1. The highest BCUT2D eigenvalue weighted by Gasteiger charge is 2.18. The Labute approximate surface area is 146 Å². The van der Waals surface area contributed by atoms with Crippen LogP contribution in [0, 0.1) is 0 Å². The van der Waals surface area contributed by atoms with Crippen LogP contribution in [0.3, 0.4) is 0 Å². The number of benzene rings is 1. The Hall–Kier alpha value is -1.76. The highest BCUT2D eigenvalue weighted by molar-refractivity contribution is 8.00. The summed E-state index contributed by atoms with van der Waals surface area (Å²) in [6, 6.07) is 9.23. The van der Waals surface area contributed by atoms with Crippen molar-refractivity contribution in [3.8, 4) is 0 Å². The number of carbonyl (C=O) groups is 1. The molecule has 0 fully saturated rings. The first-order valence-corrected chi connectivity index (χ1v) is 8.40. The lowest BCUT2D eigenvalue weighted by Gasteiger charge is -2.11. The average Bonchev–Trinajstić information content (AvgIpc) is 2.92. The number of hydrogen-bond acceptors (Lipinski definition) is 4. The number of anilines is 1. The van der Waals surface area contributed by atoms with Crippen LogP contribution in [0.2, 0.25) is 10.0 Å². The van der Waals surface area contributed by atoms with Gasteiger partial charge < -0.3 is 10.3 Å². The predicted octanol–water partition coefficient (Wildman–Crippen LogP) is 4.38. The lowest BCUT2D eigenvalue weighted by Crippen LogP contribution is -2.23. The van der Waals surface area contributed by atoms with Crippen molar-refractivity contribution >= 4 is 57.7 Å². The molecular formula is C15H12Cl2N4OS. The molecule has 3 aromatic rings. The van der Waals surface area contributed by atoms with E-state index in [0.717, 1.165) is 11.0 Å². The molecular weight excluding hydrogens is 355 g/mol. The Morgan fingerprint density at radius 1 is 1.35 bits per heavy atom. The number of nitrogens with one attached hydrogen (secondary N) is 2. The van der Waals surface area contributed by atoms with Crippen LogP contribution in [0.1, 0.15) is 6.92 Å². The molecule has 0 radical (unpaired) electrons. The van der Waals surface area contributed by atoms with Crippen LogP contribution < -0.4 is 5.32 Å². The predicted molar refractivity (Wildman–Crippen MR) is 94.3 cm³/mol. The van der Waals surface area contributed by atoms with E-state index in [9.17, 15) is 4.79 Å². The normalized spacial score (nSPS) is 12.3. The lowest BCUT2D eigenvalue weighted by atomic mass is 10.3. The monoisotopic (exact) mass is 366 g/mol. The van der Waals surface area contributed by atoms with Crippen molar-refractivity contribution in [1.29, 1.82) is 0 Å². The number of rotatable bonds is 4. The molecule has 0 saturated heterocycles. The fourth-order valence-electron chi connectivity index (χ4n) is 1.93. The van der Waals surface area contributed by atoms with Crippen molar-refractivity contribution in [2.75, 3.05) is 5.32 Å². The van der Waals surface area contributed by atoms with Gasteiger partial charge in [-0.25, -0.2) is 9.97 Å². The maximum absolute atomic E-state index is 12.3. The van der Waals surface area contributed by atoms with Crippen LogP contribution in [0.25, 0.3) is 11.0 Å². The van der Waals surface area contributed by atoms with Crippen molar-refractivity contribution in [3.63, 3.8) is 0 Å². The summed E-state index contributed by atoms with van der Waals surface area (Å²) < 4.78 is 0. The SMILES string of the molecule is C[C@@H](Sc1nc2ccccc2[nH]1)C(=O)Nc1ncc(Cl)cc1Cl. The Morgan fingerprint density at radius 2 is 2.13 bits per heavy atom. The van der Waals surface area contributed by atoms with Crippen LogP contribution in [0.5, 0.6) is 0 Å². The summed E-state index contributed by atoms with van der Waals surface area (Å²) in [4.78, 5) is 23.9. The standard InChI is InChI=1S/C15H12Cl2N4OS/c1-8(14(22)21-13-10(17)6-9(16)7-18-13)23-15-19-11-4-2-3-5-12(11)20-15/h2-8H,1H3,(H,19,20)(H,18,21,22)/t8-/m1/s1. The van der Waals surface area contributed by atoms with E-state index in [4.69, 9.17) is 23.2 Å². The molecule has 0 aliphatic heterocycles. The Bertz CT molecular complexity index is 835. The van der Waals surface area contributed by atoms with E-state index in [0.29, 0.717) is 15.2 Å². The third-order valence-corrected chi connectivity index (χ3v) is 4.55. The molecule has 0 unspecified atom stereocenters. The summed E-state index contributed by atoms with van der Waals surface area (Å²) in [6.07, 6.45) is 1.43. The molecule has 23 heavy (non-hydrogen) atoms. The molecule has 2 N–H and O–H groups in total. The van der Waals surface area contributed by atoms with E-state index < -0.39 is 0 Å². The Balaban J connectivity index is 1.69. The molecule has 0 bridgehead atoms. The number of aromatic amines is 1. The van der Waals surface area contributed by atoms with Gasteiger partial charge in [0, 0.05) is 6.20 Å². The molecule has 5 nitrogen and oxygen atoms in total. The second kappa shape index (κ2) is 6.78. The molecule has 1 aromatic carbocycles. The van der Waals surface area contributed by atoms with E-state index in [1.54, 1.807) is 6.92 Å². The van der Waals surface area contributed by atoms with E-state index in [1.165, 1.54) is 24.0 Å². The van der Waals surface area contributed by atoms with Gasteiger partial charge in [0.2, 0.25) is 5.91 Å². The highest BCUT2D eigenvalue weighted by atomic mass is 35.5. The first-order valence-electron chi connectivity index (χ1n) is 6.76. The molecule has 118 valence electrons. The molecule has 2 aromatic heterocycles. The fraction of sp³-hybridized carbons (Fsp3) is 0.133. The summed E-state index contributed by atoms with van der Waals surface area (Å²) in [7, 11) is 0. The molecule has 1 amide bonds. The number of aromatic nitrogens is 3. The zero-order valence-corrected chi connectivity index (χ0v) is 14.3. The van der Waals surface area contributed by atoms with Crippen LogP contribution in [-0.4, -0.2) is 26.1 Å². The molecule has 1 atom stereocenters. The van der Waals surface area contributed by atoms with Gasteiger partial charge in [0.05, 0.1) is 26.3 Å². The first-order chi connectivity index (χ1) is 11.0. The maximum atomic E-state index is 12.3. The minimum Gasteiger partial charge on any atom is -0.333 e. The average molecular weight is 367 g/mol. The highest BCUT2D eigenvalue weighted by Crippen LogP contribution is 2.26. The number of thioether (sulfide) groups is 1. The van der Waals surface area contributed by atoms with Gasteiger partial charge in [-0.15, -0.1) is 0 Å². The zero-order chi connectivity index (χ0) is 16.4. The van der Waals surface area contributed by atoms with Crippen LogP contribution in [-0.2, 0) is 4.79 Å². The van der Waals surface area contributed by atoms with Gasteiger partial charge in [0.25, 0.3) is 0 Å². The molecule has 0 aliphatic rings. The van der Waals surface area contributed by atoms with E-state index >= 15 is 0 Å². The van der Waals surface area contributed by atoms with Crippen molar-refractivity contribution in [1.82, 2.24) is 15.0 Å². The minimum atomic E-state index is -0.371. The molecule has 3 rings (SSSR count). The van der Waals surface area contributed by atoms with Gasteiger partial charge in [0.15, 0.2) is 11.0 Å². The number of H-pyrrole nitrogens is 1. The lowest BCUT2D eigenvalue weighted by molar-refractivity contribution is -0.115. The third-order valence-electron chi connectivity index (χ3n) is 3.07. The van der Waals surface area contributed by atoms with Crippen molar-refractivity contribution in [2.24, 2.45) is 0 Å². The summed E-state index contributed by atoms with van der Waals surface area (Å²) in [6.45, 7) is 1.79. The number of amides is 1. The fourth-order valence-corrected chi connectivity index (χ4v) is 3.18. The number of nitrogens with zero attached hydrogens (tertiary/aromatic N) is 2. The Morgan fingerprint density at radius 3 is 2.87 bits per heavy atom. The van der Waals surface area contributed by atoms with Gasteiger partial charge in [-0.1, -0.05) is 47.1 Å². The molecule has 0 saturated carbocycles. The zero-order valence-electron chi connectivity index (χ0n) is 12.0. The van der Waals surface area contributed by atoms with Crippen molar-refractivity contribution in [3.05, 3.63) is 46.6 Å². The van der Waals surface area contributed by atoms with Crippen molar-refractivity contribution < 1.29 is 4.79 Å². The van der Waals surface area contributed by atoms with Gasteiger partial charge in [-0.3, -0.25) is 4.79 Å². The van der Waals surface area contributed by atoms with Gasteiger partial charge in [0.1, 0.15) is 0 Å². The summed E-state index contributed by atoms with van der Waals surface area (Å²) >= 11 is 13.1. The van der Waals surface area contributed by atoms with E-state index in [2.05, 4.69) is 20.3 Å². The molecule has 0 aliphatic carbocycles. The number of fused-ring (bicyclic) bond motifs is 1. The smallest absolute Gasteiger partial charge is 0.238 e. The van der Waals surface area contributed by atoms with E-state index in [-0.39, 0.29) is 17.0 Å². The van der Waals surface area contributed by atoms with Crippen LogP contribution in [0.15, 0.2) is 41.7 Å². The van der Waals surface area contributed by atoms with Crippen LogP contribution >= 0.6 is 35.0 Å². The number of pyridine rings is 1. The number of halogens is 2. The largest absolute Gasteiger partial charge is 0.333 e. The topological polar surface area (TPSA) is 70.7 Å². The second-order valence-corrected chi connectivity index (χ2v) is 6.97. The quantitative estimate of drug-likeness (QED) is 0.672. The second-order valence-electron chi connectivity index (χ2n) is 4.79. The number of imidazole rings is 1. The van der Waals surface area contributed by atoms with E-state index in [1.807, 2.05) is 24.3 Å². The molecule has 8 heteroatoms. The summed E-state index contributed by atoms with van der Waals surface area (Å²) in [5, 5.41) is 3.71. The van der Waals surface area contributed by atoms with Gasteiger partial charge in [-0.05, 0) is 25.1 Å². The summed E-state index contributed by atoms with van der Waals surface area (Å²) in [5.41, 5.74) is 1.80. The Kier molecular flexibility index (Phi) is 4.75.